The number of ether oxygens (including phenoxy) is 2. The largest absolute Gasteiger partial charge is 0.497 e. The highest BCUT2D eigenvalue weighted by molar-refractivity contribution is 6.03. The van der Waals surface area contributed by atoms with Crippen molar-refractivity contribution in [1.82, 2.24) is 9.91 Å². The average molecular weight is 438 g/mol. The van der Waals surface area contributed by atoms with E-state index < -0.39 is 0 Å². The highest BCUT2D eigenvalue weighted by atomic mass is 16.5. The van der Waals surface area contributed by atoms with Gasteiger partial charge in [0.05, 0.1) is 25.5 Å². The van der Waals surface area contributed by atoms with Gasteiger partial charge in [0.2, 0.25) is 5.91 Å². The smallest absolute Gasteiger partial charge is 0.262 e. The number of carbonyl (C=O) groups excluding carboxylic acids is 2. The molecule has 0 radical (unpaired) electrons. The molecule has 0 saturated heterocycles. The van der Waals surface area contributed by atoms with Crippen molar-refractivity contribution in [3.8, 4) is 5.75 Å². The molecule has 1 aliphatic heterocycles. The molecule has 0 saturated carbocycles. The van der Waals surface area contributed by atoms with E-state index in [2.05, 4.69) is 0 Å². The number of methoxy groups -OCH3 is 2. The van der Waals surface area contributed by atoms with E-state index in [1.807, 2.05) is 68.4 Å². The Labute approximate surface area is 189 Å². The Bertz CT molecular complexity index is 959. The van der Waals surface area contributed by atoms with Gasteiger partial charge in [-0.3, -0.25) is 9.59 Å². The predicted molar refractivity (Wildman–Crippen MR) is 123 cm³/mol. The van der Waals surface area contributed by atoms with E-state index in [1.54, 1.807) is 19.1 Å². The summed E-state index contributed by atoms with van der Waals surface area (Å²) in [5.74, 6) is 0.225. The summed E-state index contributed by atoms with van der Waals surface area (Å²) in [6.45, 7) is 4.34. The van der Waals surface area contributed by atoms with Crippen LogP contribution in [-0.2, 0) is 14.3 Å². The number of benzene rings is 2. The quantitative estimate of drug-likeness (QED) is 0.602. The van der Waals surface area contributed by atoms with Crippen LogP contribution in [0.2, 0.25) is 0 Å². The molecule has 170 valence electrons. The standard InChI is InChI=1S/C25H31N3O4/c1-18(2)25(30)27(13-14-31-3)17-24(29)28-23(19-9-6-5-7-10-19)16-22(26-28)20-11-8-12-21(15-20)32-4/h5-12,15,18,23H,13-14,16-17H2,1-4H3/t23-/m1/s1. The van der Waals surface area contributed by atoms with Crippen LogP contribution in [0.15, 0.2) is 59.7 Å². The van der Waals surface area contributed by atoms with Gasteiger partial charge in [0.25, 0.3) is 5.91 Å². The van der Waals surface area contributed by atoms with Gasteiger partial charge in [-0.25, -0.2) is 5.01 Å². The number of carbonyl (C=O) groups is 2. The monoisotopic (exact) mass is 437 g/mol. The SMILES string of the molecule is COCCN(CC(=O)N1N=C(c2cccc(OC)c2)C[C@@H]1c1ccccc1)C(=O)C(C)C. The van der Waals surface area contributed by atoms with Crippen LogP contribution in [0.5, 0.6) is 5.75 Å². The zero-order valence-electron chi connectivity index (χ0n) is 19.2. The van der Waals surface area contributed by atoms with Crippen LogP contribution in [0, 0.1) is 5.92 Å². The molecular formula is C25H31N3O4. The third-order valence-electron chi connectivity index (χ3n) is 5.45. The van der Waals surface area contributed by atoms with Crippen molar-refractivity contribution >= 4 is 17.5 Å². The Morgan fingerprint density at radius 3 is 2.53 bits per heavy atom. The molecular weight excluding hydrogens is 406 g/mol. The lowest BCUT2D eigenvalue weighted by atomic mass is 9.98. The minimum Gasteiger partial charge on any atom is -0.497 e. The zero-order chi connectivity index (χ0) is 23.1. The average Bonchev–Trinajstić information content (AvgIpc) is 3.27. The topological polar surface area (TPSA) is 71.4 Å². The van der Waals surface area contributed by atoms with Gasteiger partial charge in [-0.05, 0) is 17.7 Å². The maximum Gasteiger partial charge on any atom is 0.262 e. The molecule has 0 unspecified atom stereocenters. The maximum absolute atomic E-state index is 13.4. The number of hydrazone groups is 1. The summed E-state index contributed by atoms with van der Waals surface area (Å²) in [6.07, 6.45) is 0.582. The second-order valence-electron chi connectivity index (χ2n) is 8.05. The number of rotatable bonds is 9. The summed E-state index contributed by atoms with van der Waals surface area (Å²) in [5.41, 5.74) is 2.72. The number of nitrogens with zero attached hydrogens (tertiary/aromatic N) is 3. The van der Waals surface area contributed by atoms with Crippen LogP contribution in [0.3, 0.4) is 0 Å². The number of hydrogen-bond donors (Lipinski definition) is 0. The maximum atomic E-state index is 13.4. The van der Waals surface area contributed by atoms with Gasteiger partial charge in [-0.15, -0.1) is 0 Å². The first-order chi connectivity index (χ1) is 15.4. The molecule has 2 aromatic carbocycles. The third-order valence-corrected chi connectivity index (χ3v) is 5.45. The van der Waals surface area contributed by atoms with Crippen LogP contribution >= 0.6 is 0 Å². The molecule has 7 nitrogen and oxygen atoms in total. The fourth-order valence-electron chi connectivity index (χ4n) is 3.72. The summed E-state index contributed by atoms with van der Waals surface area (Å²) in [7, 11) is 3.20. The second kappa shape index (κ2) is 10.9. The van der Waals surface area contributed by atoms with E-state index in [9.17, 15) is 9.59 Å². The second-order valence-corrected chi connectivity index (χ2v) is 8.05. The van der Waals surface area contributed by atoms with Crippen molar-refractivity contribution in [2.24, 2.45) is 11.0 Å². The van der Waals surface area contributed by atoms with Gasteiger partial charge in [0.15, 0.2) is 0 Å². The summed E-state index contributed by atoms with van der Waals surface area (Å²) < 4.78 is 10.5. The van der Waals surface area contributed by atoms with Gasteiger partial charge < -0.3 is 14.4 Å². The van der Waals surface area contributed by atoms with E-state index in [0.717, 1.165) is 22.6 Å². The molecule has 0 N–H and O–H groups in total. The lowest BCUT2D eigenvalue weighted by molar-refractivity contribution is -0.143. The number of amides is 2. The lowest BCUT2D eigenvalue weighted by Gasteiger charge is -2.28. The predicted octanol–water partition coefficient (Wildman–Crippen LogP) is 3.50. The Balaban J connectivity index is 1.89. The molecule has 0 spiro atoms. The molecule has 7 heteroatoms. The van der Waals surface area contributed by atoms with Gasteiger partial charge in [0, 0.05) is 31.6 Å². The number of hydrogen-bond acceptors (Lipinski definition) is 5. The molecule has 32 heavy (non-hydrogen) atoms. The summed E-state index contributed by atoms with van der Waals surface area (Å²) in [6, 6.07) is 17.3. The van der Waals surface area contributed by atoms with Crippen LogP contribution in [0.25, 0.3) is 0 Å². The van der Waals surface area contributed by atoms with Crippen LogP contribution in [0.1, 0.15) is 37.4 Å². The van der Waals surface area contributed by atoms with Crippen molar-refractivity contribution in [1.29, 1.82) is 0 Å². The van der Waals surface area contributed by atoms with Gasteiger partial charge >= 0.3 is 0 Å². The van der Waals surface area contributed by atoms with Crippen LogP contribution in [0.4, 0.5) is 0 Å². The molecule has 0 aromatic heterocycles. The van der Waals surface area contributed by atoms with E-state index in [1.165, 1.54) is 5.01 Å². The van der Waals surface area contributed by atoms with Crippen molar-refractivity contribution in [2.45, 2.75) is 26.3 Å². The van der Waals surface area contributed by atoms with Crippen molar-refractivity contribution < 1.29 is 19.1 Å². The van der Waals surface area contributed by atoms with Crippen LogP contribution in [-0.4, -0.2) is 61.4 Å². The van der Waals surface area contributed by atoms with Crippen molar-refractivity contribution in [3.63, 3.8) is 0 Å². The summed E-state index contributed by atoms with van der Waals surface area (Å²) >= 11 is 0. The fraction of sp³-hybridized carbons (Fsp3) is 0.400. The Kier molecular flexibility index (Phi) is 8.00. The Morgan fingerprint density at radius 1 is 1.12 bits per heavy atom. The first-order valence-electron chi connectivity index (χ1n) is 10.8. The van der Waals surface area contributed by atoms with Gasteiger partial charge in [-0.1, -0.05) is 56.3 Å². The first-order valence-corrected chi connectivity index (χ1v) is 10.8. The van der Waals surface area contributed by atoms with E-state index in [0.29, 0.717) is 19.6 Å². The van der Waals surface area contributed by atoms with Gasteiger partial charge in [-0.2, -0.15) is 5.10 Å². The molecule has 2 aromatic rings. The molecule has 1 atom stereocenters. The lowest BCUT2D eigenvalue weighted by Crippen LogP contribution is -2.44. The van der Waals surface area contributed by atoms with E-state index >= 15 is 0 Å². The highest BCUT2D eigenvalue weighted by Gasteiger charge is 2.34. The molecule has 0 bridgehead atoms. The Morgan fingerprint density at radius 2 is 1.88 bits per heavy atom. The fourth-order valence-corrected chi connectivity index (χ4v) is 3.72. The summed E-state index contributed by atoms with van der Waals surface area (Å²) in [4.78, 5) is 27.6. The third kappa shape index (κ3) is 5.53. The molecule has 0 aliphatic carbocycles. The molecule has 0 fully saturated rings. The molecule has 1 heterocycles. The van der Waals surface area contributed by atoms with Crippen LogP contribution < -0.4 is 4.74 Å². The van der Waals surface area contributed by atoms with Crippen molar-refractivity contribution in [2.75, 3.05) is 33.9 Å². The molecule has 3 rings (SSSR count). The minimum atomic E-state index is -0.233. The van der Waals surface area contributed by atoms with E-state index in [4.69, 9.17) is 14.6 Å². The normalized spacial score (nSPS) is 15.6. The first kappa shape index (κ1) is 23.5. The highest BCUT2D eigenvalue weighted by Crippen LogP contribution is 2.33. The van der Waals surface area contributed by atoms with E-state index in [-0.39, 0.29) is 30.3 Å². The Hall–Kier alpha value is -3.19. The molecule has 1 aliphatic rings. The molecule has 2 amide bonds. The van der Waals surface area contributed by atoms with Crippen molar-refractivity contribution in [3.05, 3.63) is 65.7 Å². The zero-order valence-corrected chi connectivity index (χ0v) is 19.2. The summed E-state index contributed by atoms with van der Waals surface area (Å²) in [5, 5.41) is 6.23. The van der Waals surface area contributed by atoms with Gasteiger partial charge in [0.1, 0.15) is 12.3 Å². The minimum absolute atomic E-state index is 0.0431.